The van der Waals surface area contributed by atoms with Gasteiger partial charge < -0.3 is 14.7 Å². The molecule has 2 fully saturated rings. The molecule has 0 bridgehead atoms. The number of carbonyl (C=O) groups is 2. The Morgan fingerprint density at radius 3 is 2.17 bits per heavy atom. The first-order valence-electron chi connectivity index (χ1n) is 5.96. The molecule has 1 aliphatic carbocycles. The van der Waals surface area contributed by atoms with Crippen molar-refractivity contribution >= 4 is 12.1 Å². The Morgan fingerprint density at radius 1 is 1.28 bits per heavy atom. The summed E-state index contributed by atoms with van der Waals surface area (Å²) in [6.07, 6.45) is -0.427. The van der Waals surface area contributed by atoms with E-state index in [1.165, 1.54) is 4.90 Å². The van der Waals surface area contributed by atoms with Crippen molar-refractivity contribution in [2.75, 3.05) is 13.1 Å². The molecule has 1 amide bonds. The van der Waals surface area contributed by atoms with E-state index in [1.807, 2.05) is 0 Å². The van der Waals surface area contributed by atoms with Crippen LogP contribution in [-0.2, 0) is 9.53 Å². The van der Waals surface area contributed by atoms with Crippen LogP contribution in [-0.4, -0.2) is 46.4 Å². The van der Waals surface area contributed by atoms with E-state index in [0.29, 0.717) is 13.1 Å². The zero-order valence-electron chi connectivity index (χ0n) is 10.8. The van der Waals surface area contributed by atoms with Crippen LogP contribution in [0.5, 0.6) is 0 Å². The molecule has 1 N–H and O–H groups in total. The number of carboxylic acids is 1. The van der Waals surface area contributed by atoms with Crippen LogP contribution in [0.1, 0.15) is 33.6 Å². The molecule has 2 aliphatic rings. The summed E-state index contributed by atoms with van der Waals surface area (Å²) in [6.45, 7) is 6.12. The van der Waals surface area contributed by atoms with E-state index < -0.39 is 23.3 Å². The number of ether oxygens (including phenoxy) is 1. The Balaban J connectivity index is 1.82. The van der Waals surface area contributed by atoms with Gasteiger partial charge in [0.25, 0.3) is 0 Å². The van der Waals surface area contributed by atoms with E-state index >= 15 is 0 Å². The number of alkyl halides is 1. The SMILES string of the molecule is CC(C)(C)OC(=O)N1CC2(C1)CC(F)(C(=O)O)C2. The number of aliphatic carboxylic acids is 1. The Hall–Kier alpha value is -1.33. The van der Waals surface area contributed by atoms with Gasteiger partial charge >= 0.3 is 12.1 Å². The van der Waals surface area contributed by atoms with Crippen LogP contribution in [0.3, 0.4) is 0 Å². The molecule has 1 heterocycles. The van der Waals surface area contributed by atoms with E-state index in [4.69, 9.17) is 9.84 Å². The number of carbonyl (C=O) groups excluding carboxylic acids is 1. The van der Waals surface area contributed by atoms with E-state index in [2.05, 4.69) is 0 Å². The van der Waals surface area contributed by atoms with E-state index in [1.54, 1.807) is 20.8 Å². The molecule has 5 nitrogen and oxygen atoms in total. The van der Waals surface area contributed by atoms with Crippen LogP contribution in [0.15, 0.2) is 0 Å². The molecule has 0 unspecified atom stereocenters. The number of hydrogen-bond acceptors (Lipinski definition) is 3. The smallest absolute Gasteiger partial charge is 0.410 e. The topological polar surface area (TPSA) is 66.8 Å². The van der Waals surface area contributed by atoms with Gasteiger partial charge in [0, 0.05) is 31.3 Å². The number of carboxylic acid groups (broad SMARTS) is 1. The predicted octanol–water partition coefficient (Wildman–Crippen LogP) is 1.81. The quantitative estimate of drug-likeness (QED) is 0.780. The van der Waals surface area contributed by atoms with Gasteiger partial charge in [-0.15, -0.1) is 0 Å². The first-order chi connectivity index (χ1) is 8.05. The molecule has 18 heavy (non-hydrogen) atoms. The fraction of sp³-hybridized carbons (Fsp3) is 0.833. The summed E-state index contributed by atoms with van der Waals surface area (Å²) in [5.74, 6) is -1.40. The van der Waals surface area contributed by atoms with Crippen LogP contribution in [0, 0.1) is 5.41 Å². The van der Waals surface area contributed by atoms with Crippen molar-refractivity contribution in [2.24, 2.45) is 5.41 Å². The normalized spacial score (nSPS) is 24.1. The highest BCUT2D eigenvalue weighted by atomic mass is 19.1. The summed E-state index contributed by atoms with van der Waals surface area (Å²) >= 11 is 0. The second-order valence-electron chi connectivity index (χ2n) is 6.46. The minimum absolute atomic E-state index is 0.00533. The highest BCUT2D eigenvalue weighted by Crippen LogP contribution is 2.56. The minimum atomic E-state index is -2.10. The first kappa shape index (κ1) is 13.1. The van der Waals surface area contributed by atoms with Crippen LogP contribution in [0.25, 0.3) is 0 Å². The fourth-order valence-corrected chi connectivity index (χ4v) is 2.73. The maximum absolute atomic E-state index is 13.6. The molecular formula is C12H18FNO4. The van der Waals surface area contributed by atoms with Gasteiger partial charge in [-0.05, 0) is 20.8 Å². The van der Waals surface area contributed by atoms with Crippen molar-refractivity contribution in [3.63, 3.8) is 0 Å². The number of halogens is 1. The van der Waals surface area contributed by atoms with Gasteiger partial charge in [-0.1, -0.05) is 0 Å². The lowest BCUT2D eigenvalue weighted by Gasteiger charge is -2.59. The zero-order chi connectivity index (χ0) is 13.8. The molecule has 1 aliphatic heterocycles. The summed E-state index contributed by atoms with van der Waals surface area (Å²) in [5.41, 5.74) is -2.99. The Bertz CT molecular complexity index is 387. The van der Waals surface area contributed by atoms with Crippen molar-refractivity contribution in [1.82, 2.24) is 4.90 Å². The lowest BCUT2D eigenvalue weighted by molar-refractivity contribution is -0.186. The molecule has 6 heteroatoms. The molecule has 1 saturated heterocycles. The lowest BCUT2D eigenvalue weighted by Crippen LogP contribution is -2.69. The number of amides is 1. The maximum Gasteiger partial charge on any atom is 0.410 e. The third kappa shape index (κ3) is 2.15. The highest BCUT2D eigenvalue weighted by Gasteiger charge is 2.65. The van der Waals surface area contributed by atoms with E-state index in [-0.39, 0.29) is 18.3 Å². The Kier molecular flexibility index (Phi) is 2.61. The van der Waals surface area contributed by atoms with Crippen LogP contribution < -0.4 is 0 Å². The van der Waals surface area contributed by atoms with Gasteiger partial charge in [0.2, 0.25) is 5.67 Å². The fourth-order valence-electron chi connectivity index (χ4n) is 2.73. The molecule has 1 spiro atoms. The number of rotatable bonds is 1. The molecule has 102 valence electrons. The standard InChI is InChI=1S/C12H18FNO4/c1-10(2,3)18-9(17)14-6-11(7-14)4-12(13,5-11)8(15)16/h4-7H2,1-3H3,(H,15,16). The summed E-state index contributed by atoms with van der Waals surface area (Å²) in [4.78, 5) is 23.8. The molecular weight excluding hydrogens is 241 g/mol. The van der Waals surface area contributed by atoms with Crippen LogP contribution in [0.2, 0.25) is 0 Å². The van der Waals surface area contributed by atoms with Crippen LogP contribution >= 0.6 is 0 Å². The van der Waals surface area contributed by atoms with Crippen molar-refractivity contribution in [2.45, 2.75) is 44.9 Å². The Morgan fingerprint density at radius 2 is 1.78 bits per heavy atom. The molecule has 0 aromatic carbocycles. The number of hydrogen-bond donors (Lipinski definition) is 1. The lowest BCUT2D eigenvalue weighted by atomic mass is 9.56. The number of likely N-dealkylation sites (tertiary alicyclic amines) is 1. The summed E-state index contributed by atoms with van der Waals surface area (Å²) in [6, 6.07) is 0. The van der Waals surface area contributed by atoms with E-state index in [0.717, 1.165) is 0 Å². The average molecular weight is 259 g/mol. The average Bonchev–Trinajstić information content (AvgIpc) is 2.04. The van der Waals surface area contributed by atoms with E-state index in [9.17, 15) is 14.0 Å². The molecule has 1 saturated carbocycles. The van der Waals surface area contributed by atoms with Crippen molar-refractivity contribution in [3.8, 4) is 0 Å². The van der Waals surface area contributed by atoms with Gasteiger partial charge in [-0.2, -0.15) is 0 Å². The minimum Gasteiger partial charge on any atom is -0.479 e. The first-order valence-corrected chi connectivity index (χ1v) is 5.96. The van der Waals surface area contributed by atoms with Crippen molar-refractivity contribution in [3.05, 3.63) is 0 Å². The van der Waals surface area contributed by atoms with Gasteiger partial charge in [-0.3, -0.25) is 0 Å². The molecule has 0 aromatic rings. The monoisotopic (exact) mass is 259 g/mol. The zero-order valence-corrected chi connectivity index (χ0v) is 10.8. The van der Waals surface area contributed by atoms with Crippen LogP contribution in [0.4, 0.5) is 9.18 Å². The summed E-state index contributed by atoms with van der Waals surface area (Å²) in [5, 5.41) is 8.69. The Labute approximate surface area is 105 Å². The molecule has 0 radical (unpaired) electrons. The van der Waals surface area contributed by atoms with Crippen molar-refractivity contribution < 1.29 is 23.8 Å². The molecule has 2 rings (SSSR count). The number of nitrogens with zero attached hydrogens (tertiary/aromatic N) is 1. The predicted molar refractivity (Wildman–Crippen MR) is 60.9 cm³/mol. The van der Waals surface area contributed by atoms with Gasteiger partial charge in [0.05, 0.1) is 0 Å². The second-order valence-corrected chi connectivity index (χ2v) is 6.46. The van der Waals surface area contributed by atoms with Crippen molar-refractivity contribution in [1.29, 1.82) is 0 Å². The summed E-state index contributed by atoms with van der Waals surface area (Å²) in [7, 11) is 0. The second kappa shape index (κ2) is 3.59. The highest BCUT2D eigenvalue weighted by molar-refractivity contribution is 5.79. The summed E-state index contributed by atoms with van der Waals surface area (Å²) < 4.78 is 18.8. The maximum atomic E-state index is 13.6. The third-order valence-electron chi connectivity index (χ3n) is 3.40. The van der Waals surface area contributed by atoms with Gasteiger partial charge in [0.1, 0.15) is 5.60 Å². The van der Waals surface area contributed by atoms with Gasteiger partial charge in [-0.25, -0.2) is 14.0 Å². The largest absolute Gasteiger partial charge is 0.479 e. The van der Waals surface area contributed by atoms with Gasteiger partial charge in [0.15, 0.2) is 0 Å². The molecule has 0 aromatic heterocycles. The third-order valence-corrected chi connectivity index (χ3v) is 3.40. The molecule has 0 atom stereocenters.